The van der Waals surface area contributed by atoms with E-state index < -0.39 is 0 Å². The van der Waals surface area contributed by atoms with E-state index in [-0.39, 0.29) is 6.03 Å². The predicted octanol–water partition coefficient (Wildman–Crippen LogP) is 0.995. The maximum absolute atomic E-state index is 11.6. The van der Waals surface area contributed by atoms with Crippen molar-refractivity contribution in [2.24, 2.45) is 11.6 Å². The van der Waals surface area contributed by atoms with Crippen LogP contribution in [0.3, 0.4) is 0 Å². The van der Waals surface area contributed by atoms with Gasteiger partial charge in [-0.05, 0) is 18.1 Å². The number of aryl methyl sites for hydroxylation is 1. The lowest BCUT2D eigenvalue weighted by Crippen LogP contribution is -2.53. The zero-order valence-corrected chi connectivity index (χ0v) is 15.2. The van der Waals surface area contributed by atoms with Crippen molar-refractivity contribution in [1.29, 1.82) is 0 Å². The lowest BCUT2D eigenvalue weighted by atomic mass is 10.1. The fourth-order valence-corrected chi connectivity index (χ4v) is 4.25. The number of anilines is 2. The van der Waals surface area contributed by atoms with Gasteiger partial charge in [0.05, 0.1) is 5.69 Å². The summed E-state index contributed by atoms with van der Waals surface area (Å²) >= 11 is 1.57. The number of nitrogen functional groups attached to an aromatic ring is 1. The molecule has 0 aromatic carbocycles. The Labute approximate surface area is 150 Å². The van der Waals surface area contributed by atoms with Gasteiger partial charge in [-0.2, -0.15) is 0 Å². The van der Waals surface area contributed by atoms with E-state index in [4.69, 9.17) is 22.3 Å². The second kappa shape index (κ2) is 7.42. The summed E-state index contributed by atoms with van der Waals surface area (Å²) in [5.74, 6) is 6.14. The number of nitrogens with one attached hydrogen (secondary N) is 1. The van der Waals surface area contributed by atoms with Gasteiger partial charge in [0.25, 0.3) is 0 Å². The number of thiophene rings is 1. The van der Waals surface area contributed by atoms with Gasteiger partial charge < -0.3 is 21.3 Å². The molecule has 3 heterocycles. The molecule has 0 saturated carbocycles. The fourth-order valence-electron chi connectivity index (χ4n) is 3.24. The van der Waals surface area contributed by atoms with Crippen LogP contribution in [-0.2, 0) is 13.0 Å². The highest BCUT2D eigenvalue weighted by atomic mass is 32.1. The summed E-state index contributed by atoms with van der Waals surface area (Å²) < 4.78 is 0. The number of aromatic nitrogens is 1. The number of hydrazine groups is 1. The standard InChI is InChI=1S/C16H25N7OS/c1-2-3-10-8-12(20-15-13(10)14(18)11(9-17)25-15)22-4-6-23(7-5-22)16(24)21-19/h8H,2-7,9,17-19H2,1H3,(H,21,24). The van der Waals surface area contributed by atoms with Gasteiger partial charge in [0.15, 0.2) is 0 Å². The first-order valence-corrected chi connectivity index (χ1v) is 9.32. The van der Waals surface area contributed by atoms with Crippen LogP contribution in [0.2, 0.25) is 0 Å². The van der Waals surface area contributed by atoms with E-state index in [9.17, 15) is 4.79 Å². The number of pyridine rings is 1. The Morgan fingerprint density at radius 3 is 2.68 bits per heavy atom. The lowest BCUT2D eigenvalue weighted by Gasteiger charge is -2.35. The molecule has 9 heteroatoms. The van der Waals surface area contributed by atoms with Crippen LogP contribution in [-0.4, -0.2) is 42.1 Å². The highest BCUT2D eigenvalue weighted by Gasteiger charge is 2.23. The Kier molecular flexibility index (Phi) is 5.26. The van der Waals surface area contributed by atoms with Crippen LogP contribution >= 0.6 is 11.3 Å². The maximum atomic E-state index is 11.6. The first-order valence-electron chi connectivity index (χ1n) is 8.50. The number of hydrogen-bond acceptors (Lipinski definition) is 7. The average molecular weight is 363 g/mol. The first kappa shape index (κ1) is 17.7. The molecule has 0 radical (unpaired) electrons. The Morgan fingerprint density at radius 1 is 1.36 bits per heavy atom. The van der Waals surface area contributed by atoms with Crippen LogP contribution in [0.5, 0.6) is 0 Å². The largest absolute Gasteiger partial charge is 0.397 e. The van der Waals surface area contributed by atoms with Crippen LogP contribution < -0.4 is 27.6 Å². The number of nitrogens with zero attached hydrogens (tertiary/aromatic N) is 3. The van der Waals surface area contributed by atoms with Crippen molar-refractivity contribution in [2.45, 2.75) is 26.3 Å². The van der Waals surface area contributed by atoms with Crippen molar-refractivity contribution < 1.29 is 4.79 Å². The fraction of sp³-hybridized carbons (Fsp3) is 0.500. The molecule has 2 amide bonds. The third kappa shape index (κ3) is 3.35. The Bertz CT molecular complexity index is 767. The number of carbonyl (C=O) groups excluding carboxylic acids is 1. The summed E-state index contributed by atoms with van der Waals surface area (Å²) in [5.41, 5.74) is 16.3. The van der Waals surface area contributed by atoms with E-state index >= 15 is 0 Å². The number of urea groups is 1. The summed E-state index contributed by atoms with van der Waals surface area (Å²) in [6.07, 6.45) is 1.99. The van der Waals surface area contributed by atoms with E-state index in [0.29, 0.717) is 19.6 Å². The number of nitrogens with two attached hydrogens (primary N) is 3. The van der Waals surface area contributed by atoms with E-state index in [1.807, 2.05) is 0 Å². The summed E-state index contributed by atoms with van der Waals surface area (Å²) in [4.78, 5) is 22.3. The molecule has 0 unspecified atom stereocenters. The molecule has 8 nitrogen and oxygen atoms in total. The van der Waals surface area contributed by atoms with E-state index in [1.165, 1.54) is 5.56 Å². The van der Waals surface area contributed by atoms with Crippen LogP contribution in [0.25, 0.3) is 10.2 Å². The van der Waals surface area contributed by atoms with Gasteiger partial charge in [-0.15, -0.1) is 11.3 Å². The van der Waals surface area contributed by atoms with Gasteiger partial charge in [0.2, 0.25) is 0 Å². The summed E-state index contributed by atoms with van der Waals surface area (Å²) in [5, 5.41) is 1.05. The molecule has 1 aliphatic heterocycles. The summed E-state index contributed by atoms with van der Waals surface area (Å²) in [6.45, 7) is 5.27. The lowest BCUT2D eigenvalue weighted by molar-refractivity contribution is 0.194. The maximum Gasteiger partial charge on any atom is 0.331 e. The van der Waals surface area contributed by atoms with Crippen molar-refractivity contribution in [2.75, 3.05) is 36.8 Å². The second-order valence-corrected chi connectivity index (χ2v) is 7.22. The Balaban J connectivity index is 1.91. The molecule has 136 valence electrons. The van der Waals surface area contributed by atoms with Gasteiger partial charge >= 0.3 is 6.03 Å². The molecular formula is C16H25N7OS. The SMILES string of the molecule is CCCc1cc(N2CCN(C(=O)NN)CC2)nc2sc(CN)c(N)c12. The molecule has 7 N–H and O–H groups in total. The molecule has 3 rings (SSSR count). The zero-order chi connectivity index (χ0) is 18.0. The zero-order valence-electron chi connectivity index (χ0n) is 14.4. The Morgan fingerprint density at radius 2 is 2.08 bits per heavy atom. The van der Waals surface area contributed by atoms with Gasteiger partial charge in [-0.1, -0.05) is 13.3 Å². The monoisotopic (exact) mass is 363 g/mol. The summed E-state index contributed by atoms with van der Waals surface area (Å²) in [7, 11) is 0. The molecule has 0 aliphatic carbocycles. The second-order valence-electron chi connectivity index (χ2n) is 6.14. The molecular weight excluding hydrogens is 338 g/mol. The number of carbonyl (C=O) groups is 1. The number of rotatable bonds is 4. The molecule has 0 bridgehead atoms. The van der Waals surface area contributed by atoms with Crippen molar-refractivity contribution >= 4 is 39.1 Å². The van der Waals surface area contributed by atoms with Gasteiger partial charge in [0.1, 0.15) is 10.6 Å². The molecule has 2 aromatic heterocycles. The average Bonchev–Trinajstić information content (AvgIpc) is 2.97. The third-order valence-corrected chi connectivity index (χ3v) is 5.68. The smallest absolute Gasteiger partial charge is 0.331 e. The van der Waals surface area contributed by atoms with E-state index in [2.05, 4.69) is 23.3 Å². The quantitative estimate of drug-likeness (QED) is 0.365. The van der Waals surface area contributed by atoms with Crippen LogP contribution in [0.15, 0.2) is 6.07 Å². The highest BCUT2D eigenvalue weighted by Crippen LogP contribution is 2.37. The van der Waals surface area contributed by atoms with E-state index in [0.717, 1.165) is 52.5 Å². The molecule has 0 atom stereocenters. The molecule has 1 aliphatic rings. The van der Waals surface area contributed by atoms with Gasteiger partial charge in [0, 0.05) is 43.0 Å². The highest BCUT2D eigenvalue weighted by molar-refractivity contribution is 7.19. The van der Waals surface area contributed by atoms with Crippen LogP contribution in [0.4, 0.5) is 16.3 Å². The minimum absolute atomic E-state index is 0.242. The number of piperazine rings is 1. The minimum atomic E-state index is -0.242. The van der Waals surface area contributed by atoms with Crippen molar-refractivity contribution in [3.63, 3.8) is 0 Å². The van der Waals surface area contributed by atoms with Crippen molar-refractivity contribution in [3.05, 3.63) is 16.5 Å². The Hall–Kier alpha value is -2.10. The minimum Gasteiger partial charge on any atom is -0.397 e. The summed E-state index contributed by atoms with van der Waals surface area (Å²) in [6, 6.07) is 1.89. The molecule has 1 fully saturated rings. The molecule has 0 spiro atoms. The number of amides is 2. The normalized spacial score (nSPS) is 15.0. The van der Waals surface area contributed by atoms with Crippen LogP contribution in [0, 0.1) is 0 Å². The van der Waals surface area contributed by atoms with Crippen LogP contribution in [0.1, 0.15) is 23.8 Å². The predicted molar refractivity (Wildman–Crippen MR) is 102 cm³/mol. The van der Waals surface area contributed by atoms with E-state index in [1.54, 1.807) is 16.2 Å². The first-order chi connectivity index (χ1) is 12.1. The van der Waals surface area contributed by atoms with Crippen molar-refractivity contribution in [1.82, 2.24) is 15.3 Å². The third-order valence-electron chi connectivity index (χ3n) is 4.56. The number of hydrogen-bond donors (Lipinski definition) is 4. The van der Waals surface area contributed by atoms with Crippen molar-refractivity contribution in [3.8, 4) is 0 Å². The molecule has 1 saturated heterocycles. The number of fused-ring (bicyclic) bond motifs is 1. The topological polar surface area (TPSA) is 127 Å². The molecule has 25 heavy (non-hydrogen) atoms. The van der Waals surface area contributed by atoms with Gasteiger partial charge in [-0.25, -0.2) is 15.6 Å². The van der Waals surface area contributed by atoms with Gasteiger partial charge in [-0.3, -0.25) is 5.43 Å². The molecule has 2 aromatic rings.